The lowest BCUT2D eigenvalue weighted by atomic mass is 9.97. The van der Waals surface area contributed by atoms with Crippen LogP contribution in [0.1, 0.15) is 0 Å². The second-order valence-corrected chi connectivity index (χ2v) is 12.5. The third-order valence-electron chi connectivity index (χ3n) is 9.69. The Labute approximate surface area is 282 Å². The molecule has 0 spiro atoms. The van der Waals surface area contributed by atoms with E-state index < -0.39 is 0 Å². The Hall–Kier alpha value is -6.58. The molecule has 0 N–H and O–H groups in total. The molecule has 0 bridgehead atoms. The van der Waals surface area contributed by atoms with E-state index in [0.29, 0.717) is 0 Å². The maximum atomic E-state index is 6.34. The van der Waals surface area contributed by atoms with Crippen molar-refractivity contribution in [2.45, 2.75) is 0 Å². The number of nitrogens with zero attached hydrogens (tertiary/aromatic N) is 1. The molecule has 0 amide bonds. The maximum Gasteiger partial charge on any atom is 0.137 e. The van der Waals surface area contributed by atoms with Crippen LogP contribution in [-0.4, -0.2) is 0 Å². The van der Waals surface area contributed by atoms with Crippen molar-refractivity contribution >= 4 is 71.7 Å². The van der Waals surface area contributed by atoms with E-state index in [1.165, 1.54) is 21.9 Å². The number of rotatable bonds is 5. The molecule has 0 aliphatic rings. The quantitative estimate of drug-likeness (QED) is 0.190. The Morgan fingerprint density at radius 2 is 0.837 bits per heavy atom. The predicted octanol–water partition coefficient (Wildman–Crippen LogP) is 13.4. The summed E-state index contributed by atoms with van der Waals surface area (Å²) >= 11 is 0. The first-order valence-corrected chi connectivity index (χ1v) is 16.6. The monoisotopic (exact) mass is 627 g/mol. The number of para-hydroxylation sites is 2. The Kier molecular flexibility index (Phi) is 6.18. The minimum atomic E-state index is 0.867. The van der Waals surface area contributed by atoms with Gasteiger partial charge in [0.2, 0.25) is 0 Å². The van der Waals surface area contributed by atoms with Gasteiger partial charge in [0.05, 0.1) is 0 Å². The van der Waals surface area contributed by atoms with Crippen LogP contribution in [0.2, 0.25) is 0 Å². The summed E-state index contributed by atoms with van der Waals surface area (Å²) in [6.45, 7) is 0. The fraction of sp³-hybridized carbons (Fsp3) is 0. The lowest BCUT2D eigenvalue weighted by Crippen LogP contribution is -2.09. The first kappa shape index (κ1) is 27.5. The van der Waals surface area contributed by atoms with Crippen LogP contribution in [0.3, 0.4) is 0 Å². The highest BCUT2D eigenvalue weighted by atomic mass is 16.3. The van der Waals surface area contributed by atoms with Crippen LogP contribution in [0.15, 0.2) is 185 Å². The van der Waals surface area contributed by atoms with Crippen LogP contribution in [0.4, 0.5) is 17.1 Å². The van der Waals surface area contributed by atoms with Crippen molar-refractivity contribution in [3.05, 3.63) is 176 Å². The molecule has 49 heavy (non-hydrogen) atoms. The smallest absolute Gasteiger partial charge is 0.137 e. The first-order valence-electron chi connectivity index (χ1n) is 16.6. The van der Waals surface area contributed by atoms with Gasteiger partial charge in [0, 0.05) is 44.7 Å². The lowest BCUT2D eigenvalue weighted by Gasteiger charge is -2.26. The van der Waals surface area contributed by atoms with Crippen LogP contribution in [-0.2, 0) is 0 Å². The highest BCUT2D eigenvalue weighted by Gasteiger charge is 2.17. The zero-order valence-electron chi connectivity index (χ0n) is 26.5. The Balaban J connectivity index is 1.10. The molecule has 2 heterocycles. The molecule has 0 aliphatic carbocycles. The number of fused-ring (bicyclic) bond motifs is 7. The van der Waals surface area contributed by atoms with Gasteiger partial charge in [-0.3, -0.25) is 0 Å². The van der Waals surface area contributed by atoms with Gasteiger partial charge >= 0.3 is 0 Å². The molecule has 3 heteroatoms. The van der Waals surface area contributed by atoms with Gasteiger partial charge in [-0.15, -0.1) is 0 Å². The third kappa shape index (κ3) is 4.51. The van der Waals surface area contributed by atoms with E-state index in [4.69, 9.17) is 8.83 Å². The van der Waals surface area contributed by atoms with Gasteiger partial charge in [0.15, 0.2) is 0 Å². The van der Waals surface area contributed by atoms with Crippen LogP contribution < -0.4 is 4.90 Å². The van der Waals surface area contributed by atoms with Crippen molar-refractivity contribution in [1.82, 2.24) is 0 Å². The Morgan fingerprint density at radius 3 is 1.61 bits per heavy atom. The highest BCUT2D eigenvalue weighted by molar-refractivity contribution is 6.12. The average Bonchev–Trinajstić information content (AvgIpc) is 3.74. The molecule has 0 radical (unpaired) electrons. The van der Waals surface area contributed by atoms with E-state index in [1.807, 2.05) is 30.3 Å². The molecule has 3 nitrogen and oxygen atoms in total. The van der Waals surface area contributed by atoms with Crippen molar-refractivity contribution < 1.29 is 8.83 Å². The van der Waals surface area contributed by atoms with Crippen molar-refractivity contribution in [1.29, 1.82) is 0 Å². The van der Waals surface area contributed by atoms with E-state index in [0.717, 1.165) is 72.1 Å². The van der Waals surface area contributed by atoms with Gasteiger partial charge in [-0.05, 0) is 87.6 Å². The third-order valence-corrected chi connectivity index (χ3v) is 9.69. The number of furan rings is 2. The summed E-state index contributed by atoms with van der Waals surface area (Å²) in [6.07, 6.45) is 0. The molecular formula is C46H29NO2. The van der Waals surface area contributed by atoms with E-state index in [-0.39, 0.29) is 0 Å². The summed E-state index contributed by atoms with van der Waals surface area (Å²) in [5, 5.41) is 7.00. The number of benzene rings is 8. The summed E-state index contributed by atoms with van der Waals surface area (Å²) in [7, 11) is 0. The molecule has 0 atom stereocenters. The summed E-state index contributed by atoms with van der Waals surface area (Å²) in [4.78, 5) is 2.30. The largest absolute Gasteiger partial charge is 0.456 e. The van der Waals surface area contributed by atoms with Crippen molar-refractivity contribution in [3.8, 4) is 22.3 Å². The molecule has 10 aromatic rings. The van der Waals surface area contributed by atoms with Crippen molar-refractivity contribution in [2.75, 3.05) is 4.90 Å². The normalized spacial score (nSPS) is 11.7. The topological polar surface area (TPSA) is 29.5 Å². The average molecular weight is 628 g/mol. The standard InChI is InChI=1S/C46H29NO2/c1-2-11-36-30(9-1)10-7-14-37(36)31-19-23-33(24-20-31)47(35-27-28-40-39-12-3-5-16-42(39)49-45(40)29-35)34-25-21-32(22-26-34)38-15-8-18-44-46(38)41-13-4-6-17-43(41)48-44/h1-29H. The first-order chi connectivity index (χ1) is 24.3. The molecule has 10 rings (SSSR count). The van der Waals surface area contributed by atoms with Crippen molar-refractivity contribution in [3.63, 3.8) is 0 Å². The molecule has 0 saturated carbocycles. The summed E-state index contributed by atoms with van der Waals surface area (Å²) < 4.78 is 12.5. The van der Waals surface area contributed by atoms with E-state index in [2.05, 4.69) is 150 Å². The van der Waals surface area contributed by atoms with Gasteiger partial charge in [0.1, 0.15) is 22.3 Å². The van der Waals surface area contributed by atoms with Gasteiger partial charge in [-0.25, -0.2) is 0 Å². The summed E-state index contributed by atoms with van der Waals surface area (Å²) in [5.74, 6) is 0. The van der Waals surface area contributed by atoms with Crippen molar-refractivity contribution in [2.24, 2.45) is 0 Å². The van der Waals surface area contributed by atoms with Crippen LogP contribution in [0, 0.1) is 0 Å². The Morgan fingerprint density at radius 1 is 0.327 bits per heavy atom. The fourth-order valence-corrected chi connectivity index (χ4v) is 7.37. The molecule has 0 unspecified atom stereocenters. The van der Waals surface area contributed by atoms with Crippen LogP contribution in [0.25, 0.3) is 76.9 Å². The SMILES string of the molecule is c1ccc2c(-c3ccc(N(c4ccc(-c5cccc6oc7ccccc7c56)cc4)c4ccc5c(c4)oc4ccccc45)cc3)cccc2c1. The molecule has 0 fully saturated rings. The van der Waals surface area contributed by atoms with E-state index in [1.54, 1.807) is 0 Å². The summed E-state index contributed by atoms with van der Waals surface area (Å²) in [6, 6.07) is 62.1. The van der Waals surface area contributed by atoms with Gasteiger partial charge < -0.3 is 13.7 Å². The van der Waals surface area contributed by atoms with Crippen LogP contribution in [0.5, 0.6) is 0 Å². The zero-order valence-corrected chi connectivity index (χ0v) is 26.5. The molecular weight excluding hydrogens is 599 g/mol. The van der Waals surface area contributed by atoms with Gasteiger partial charge in [-0.1, -0.05) is 115 Å². The minimum absolute atomic E-state index is 0.867. The van der Waals surface area contributed by atoms with Crippen LogP contribution >= 0.6 is 0 Å². The Bertz CT molecular complexity index is 2820. The molecule has 0 aliphatic heterocycles. The van der Waals surface area contributed by atoms with Gasteiger partial charge in [-0.2, -0.15) is 0 Å². The van der Waals surface area contributed by atoms with E-state index >= 15 is 0 Å². The number of hydrogen-bond donors (Lipinski definition) is 0. The number of anilines is 3. The van der Waals surface area contributed by atoms with E-state index in [9.17, 15) is 0 Å². The lowest BCUT2D eigenvalue weighted by molar-refractivity contribution is 0.668. The highest BCUT2D eigenvalue weighted by Crippen LogP contribution is 2.42. The molecule has 2 aromatic heterocycles. The zero-order chi connectivity index (χ0) is 32.3. The fourth-order valence-electron chi connectivity index (χ4n) is 7.37. The second kappa shape index (κ2) is 11.0. The minimum Gasteiger partial charge on any atom is -0.456 e. The van der Waals surface area contributed by atoms with Gasteiger partial charge in [0.25, 0.3) is 0 Å². The molecule has 230 valence electrons. The molecule has 0 saturated heterocycles. The predicted molar refractivity (Wildman–Crippen MR) is 204 cm³/mol. The second-order valence-electron chi connectivity index (χ2n) is 12.5. The summed E-state index contributed by atoms with van der Waals surface area (Å²) in [5.41, 5.74) is 11.4. The maximum absolute atomic E-state index is 6.34. The molecule has 8 aromatic carbocycles. The number of hydrogen-bond acceptors (Lipinski definition) is 3.